The third kappa shape index (κ3) is 2.89. The SMILES string of the molecule is O=C(N/N=C\c1ccc(Cl)cc1Cl)C12CC3CC(CC(C3)C1)C2. The minimum absolute atomic E-state index is 0.0953. The Bertz CT molecular complexity index is 636. The molecule has 3 nitrogen and oxygen atoms in total. The van der Waals surface area contributed by atoms with E-state index < -0.39 is 0 Å². The zero-order valence-electron chi connectivity index (χ0n) is 12.9. The Morgan fingerprint density at radius 1 is 1.13 bits per heavy atom. The summed E-state index contributed by atoms with van der Waals surface area (Å²) in [6, 6.07) is 5.23. The summed E-state index contributed by atoms with van der Waals surface area (Å²) in [4.78, 5) is 12.7. The van der Waals surface area contributed by atoms with Crippen LogP contribution in [-0.2, 0) is 4.79 Å². The molecule has 0 heterocycles. The minimum atomic E-state index is -0.171. The van der Waals surface area contributed by atoms with Crippen LogP contribution in [0.1, 0.15) is 44.1 Å². The Kier molecular flexibility index (Phi) is 3.89. The predicted molar refractivity (Wildman–Crippen MR) is 92.8 cm³/mol. The monoisotopic (exact) mass is 350 g/mol. The summed E-state index contributed by atoms with van der Waals surface area (Å²) in [6.07, 6.45) is 8.71. The maximum atomic E-state index is 12.7. The summed E-state index contributed by atoms with van der Waals surface area (Å²) >= 11 is 12.0. The molecule has 0 atom stereocenters. The van der Waals surface area contributed by atoms with Gasteiger partial charge in [0.05, 0.1) is 16.7 Å². The van der Waals surface area contributed by atoms with Gasteiger partial charge in [-0.05, 0) is 68.4 Å². The van der Waals surface area contributed by atoms with E-state index >= 15 is 0 Å². The standard InChI is InChI=1S/C18H20Cl2N2O/c19-15-2-1-14(16(20)6-15)10-21-22-17(23)18-7-11-3-12(8-18)5-13(4-11)9-18/h1-2,6,10-13H,3-5,7-9H2,(H,22,23)/b21-10-. The van der Waals surface area contributed by atoms with Crippen LogP contribution in [0.2, 0.25) is 10.0 Å². The van der Waals surface area contributed by atoms with Crippen molar-refractivity contribution in [2.45, 2.75) is 38.5 Å². The Balaban J connectivity index is 1.45. The zero-order chi connectivity index (χ0) is 16.0. The van der Waals surface area contributed by atoms with E-state index in [1.165, 1.54) is 19.3 Å². The lowest BCUT2D eigenvalue weighted by Gasteiger charge is -2.55. The number of carbonyl (C=O) groups excluding carboxylic acids is 1. The molecule has 4 bridgehead atoms. The van der Waals surface area contributed by atoms with Gasteiger partial charge in [-0.15, -0.1) is 0 Å². The number of rotatable bonds is 3. The van der Waals surface area contributed by atoms with Gasteiger partial charge in [0.1, 0.15) is 0 Å². The smallest absolute Gasteiger partial charge is 0.246 e. The molecule has 0 radical (unpaired) electrons. The first-order chi connectivity index (χ1) is 11.0. The van der Waals surface area contributed by atoms with E-state index in [9.17, 15) is 4.79 Å². The normalized spacial score (nSPS) is 35.0. The number of halogens is 2. The van der Waals surface area contributed by atoms with Gasteiger partial charge in [-0.1, -0.05) is 29.3 Å². The fourth-order valence-corrected chi connectivity index (χ4v) is 5.73. The number of hydrogen-bond donors (Lipinski definition) is 1. The molecule has 5 rings (SSSR count). The maximum Gasteiger partial charge on any atom is 0.246 e. The summed E-state index contributed by atoms with van der Waals surface area (Å²) in [5, 5.41) is 5.26. The maximum absolute atomic E-state index is 12.7. The highest BCUT2D eigenvalue weighted by molar-refractivity contribution is 6.36. The van der Waals surface area contributed by atoms with Crippen LogP contribution >= 0.6 is 23.2 Å². The first-order valence-electron chi connectivity index (χ1n) is 8.33. The topological polar surface area (TPSA) is 41.5 Å². The van der Waals surface area contributed by atoms with E-state index in [2.05, 4.69) is 10.5 Å². The second-order valence-corrected chi connectivity index (χ2v) is 8.41. The highest BCUT2D eigenvalue weighted by atomic mass is 35.5. The van der Waals surface area contributed by atoms with Crippen LogP contribution in [-0.4, -0.2) is 12.1 Å². The van der Waals surface area contributed by atoms with Crippen LogP contribution in [0.15, 0.2) is 23.3 Å². The lowest BCUT2D eigenvalue weighted by atomic mass is 9.49. The van der Waals surface area contributed by atoms with Gasteiger partial charge in [0, 0.05) is 10.6 Å². The average Bonchev–Trinajstić information content (AvgIpc) is 2.48. The number of hydrazone groups is 1. The number of nitrogens with zero attached hydrogens (tertiary/aromatic N) is 1. The molecule has 0 spiro atoms. The molecular formula is C18H20Cl2N2O. The van der Waals surface area contributed by atoms with Gasteiger partial charge in [0.25, 0.3) is 0 Å². The molecule has 122 valence electrons. The van der Waals surface area contributed by atoms with Crippen molar-refractivity contribution in [3.8, 4) is 0 Å². The van der Waals surface area contributed by atoms with Gasteiger partial charge in [-0.25, -0.2) is 5.43 Å². The Morgan fingerprint density at radius 3 is 2.30 bits per heavy atom. The molecule has 23 heavy (non-hydrogen) atoms. The van der Waals surface area contributed by atoms with Gasteiger partial charge < -0.3 is 0 Å². The van der Waals surface area contributed by atoms with Gasteiger partial charge >= 0.3 is 0 Å². The van der Waals surface area contributed by atoms with Gasteiger partial charge in [0.2, 0.25) is 5.91 Å². The van der Waals surface area contributed by atoms with E-state index in [0.29, 0.717) is 10.0 Å². The third-order valence-electron chi connectivity index (χ3n) is 5.85. The summed E-state index contributed by atoms with van der Waals surface area (Å²) in [5.41, 5.74) is 3.35. The Labute approximate surface area is 146 Å². The number of amides is 1. The third-order valence-corrected chi connectivity index (χ3v) is 6.41. The second-order valence-electron chi connectivity index (χ2n) is 7.56. The molecule has 0 aromatic heterocycles. The van der Waals surface area contributed by atoms with Crippen molar-refractivity contribution >= 4 is 35.3 Å². The van der Waals surface area contributed by atoms with E-state index in [0.717, 1.165) is 42.6 Å². The van der Waals surface area contributed by atoms with Crippen LogP contribution < -0.4 is 5.43 Å². The summed E-state index contributed by atoms with van der Waals surface area (Å²) in [6.45, 7) is 0. The molecule has 1 N–H and O–H groups in total. The van der Waals surface area contributed by atoms with Crippen molar-refractivity contribution in [3.63, 3.8) is 0 Å². The molecule has 1 aromatic rings. The highest BCUT2D eigenvalue weighted by Crippen LogP contribution is 2.60. The van der Waals surface area contributed by atoms with Crippen molar-refractivity contribution in [1.29, 1.82) is 0 Å². The largest absolute Gasteiger partial charge is 0.273 e. The molecule has 4 saturated carbocycles. The summed E-state index contributed by atoms with van der Waals surface area (Å²) < 4.78 is 0. The first-order valence-corrected chi connectivity index (χ1v) is 9.08. The molecule has 0 saturated heterocycles. The van der Waals surface area contributed by atoms with Crippen LogP contribution in [0.25, 0.3) is 0 Å². The molecule has 1 amide bonds. The Hall–Kier alpha value is -1.06. The zero-order valence-corrected chi connectivity index (χ0v) is 14.4. The number of carbonyl (C=O) groups is 1. The molecule has 4 aliphatic rings. The van der Waals surface area contributed by atoms with Crippen molar-refractivity contribution in [1.82, 2.24) is 5.43 Å². The van der Waals surface area contributed by atoms with Crippen LogP contribution in [0, 0.1) is 23.2 Å². The molecule has 0 aliphatic heterocycles. The van der Waals surface area contributed by atoms with E-state index in [1.807, 2.05) is 0 Å². The van der Waals surface area contributed by atoms with Crippen molar-refractivity contribution in [2.75, 3.05) is 0 Å². The first kappa shape index (κ1) is 15.5. The second kappa shape index (κ2) is 5.78. The molecule has 1 aromatic carbocycles. The highest BCUT2D eigenvalue weighted by Gasteiger charge is 2.54. The van der Waals surface area contributed by atoms with Crippen LogP contribution in [0.3, 0.4) is 0 Å². The number of benzene rings is 1. The molecule has 4 aliphatic carbocycles. The van der Waals surface area contributed by atoms with Crippen LogP contribution in [0.4, 0.5) is 0 Å². The predicted octanol–water partition coefficient (Wildman–Crippen LogP) is 4.66. The van der Waals surface area contributed by atoms with Crippen molar-refractivity contribution in [3.05, 3.63) is 33.8 Å². The van der Waals surface area contributed by atoms with Gasteiger partial charge in [-0.3, -0.25) is 4.79 Å². The number of nitrogens with one attached hydrogen (secondary N) is 1. The van der Waals surface area contributed by atoms with E-state index in [4.69, 9.17) is 23.2 Å². The summed E-state index contributed by atoms with van der Waals surface area (Å²) in [7, 11) is 0. The van der Waals surface area contributed by atoms with E-state index in [-0.39, 0.29) is 11.3 Å². The average molecular weight is 351 g/mol. The van der Waals surface area contributed by atoms with Crippen molar-refractivity contribution in [2.24, 2.45) is 28.3 Å². The molecule has 0 unspecified atom stereocenters. The van der Waals surface area contributed by atoms with Crippen molar-refractivity contribution < 1.29 is 4.79 Å². The molecule has 4 fully saturated rings. The summed E-state index contributed by atoms with van der Waals surface area (Å²) in [5.74, 6) is 2.35. The van der Waals surface area contributed by atoms with E-state index in [1.54, 1.807) is 24.4 Å². The van der Waals surface area contributed by atoms with Gasteiger partial charge in [-0.2, -0.15) is 5.10 Å². The minimum Gasteiger partial charge on any atom is -0.273 e. The quantitative estimate of drug-likeness (QED) is 0.625. The number of hydrogen-bond acceptors (Lipinski definition) is 2. The fourth-order valence-electron chi connectivity index (χ4n) is 5.27. The molecular weight excluding hydrogens is 331 g/mol. The van der Waals surface area contributed by atoms with Gasteiger partial charge in [0.15, 0.2) is 0 Å². The Morgan fingerprint density at radius 2 is 1.74 bits per heavy atom. The lowest BCUT2D eigenvalue weighted by Crippen LogP contribution is -2.52. The van der Waals surface area contributed by atoms with Crippen LogP contribution in [0.5, 0.6) is 0 Å². The lowest BCUT2D eigenvalue weighted by molar-refractivity contribution is -0.146. The fraction of sp³-hybridized carbons (Fsp3) is 0.556. The molecule has 5 heteroatoms.